The predicted octanol–water partition coefficient (Wildman–Crippen LogP) is 3.90. The van der Waals surface area contributed by atoms with Crippen molar-refractivity contribution in [3.8, 4) is 0 Å². The second-order valence-electron chi connectivity index (χ2n) is 7.78. The highest BCUT2D eigenvalue weighted by Crippen LogP contribution is 2.40. The third-order valence-corrected chi connectivity index (χ3v) is 6.33. The number of carbonyl (C=O) groups excluding carboxylic acids is 1. The molecule has 0 bridgehead atoms. The monoisotopic (exact) mass is 369 g/mol. The molecule has 1 aliphatic heterocycles. The van der Waals surface area contributed by atoms with Crippen LogP contribution in [0, 0.1) is 20.8 Å². The van der Waals surface area contributed by atoms with Crippen molar-refractivity contribution < 1.29 is 4.79 Å². The van der Waals surface area contributed by atoms with Crippen LogP contribution in [0.15, 0.2) is 17.5 Å². The minimum absolute atomic E-state index is 0.185. The van der Waals surface area contributed by atoms with Crippen LogP contribution in [0.25, 0.3) is 0 Å². The van der Waals surface area contributed by atoms with Crippen LogP contribution in [0.2, 0.25) is 0 Å². The largest absolute Gasteiger partial charge is 0.336 e. The number of piperazine rings is 1. The van der Waals surface area contributed by atoms with Crippen LogP contribution in [-0.2, 0) is 6.54 Å². The number of aromatic nitrogens is 1. The highest BCUT2D eigenvalue weighted by Gasteiger charge is 2.27. The summed E-state index contributed by atoms with van der Waals surface area (Å²) in [6, 6.07) is 4.22. The Labute approximate surface area is 159 Å². The number of rotatable bonds is 4. The molecule has 4 nitrogen and oxygen atoms in total. The normalized spacial score (nSPS) is 18.3. The number of carbonyl (C=O) groups is 1. The Kier molecular flexibility index (Phi) is 4.84. The van der Waals surface area contributed by atoms with Crippen LogP contribution in [0.1, 0.15) is 56.5 Å². The van der Waals surface area contributed by atoms with Gasteiger partial charge in [-0.3, -0.25) is 9.69 Å². The van der Waals surface area contributed by atoms with Crippen LogP contribution in [0.5, 0.6) is 0 Å². The van der Waals surface area contributed by atoms with Gasteiger partial charge in [0.05, 0.1) is 12.2 Å². The van der Waals surface area contributed by atoms with Gasteiger partial charge in [0, 0.05) is 43.0 Å². The van der Waals surface area contributed by atoms with Gasteiger partial charge >= 0.3 is 0 Å². The maximum absolute atomic E-state index is 13.0. The highest BCUT2D eigenvalue weighted by molar-refractivity contribution is 7.09. The fraction of sp³-hybridized carbons (Fsp3) is 0.524. The third kappa shape index (κ3) is 3.69. The van der Waals surface area contributed by atoms with Crippen molar-refractivity contribution in [1.29, 1.82) is 0 Å². The summed E-state index contributed by atoms with van der Waals surface area (Å²) in [6.45, 7) is 10.5. The number of benzene rings is 1. The van der Waals surface area contributed by atoms with Gasteiger partial charge in [0.1, 0.15) is 5.01 Å². The summed E-state index contributed by atoms with van der Waals surface area (Å²) in [5, 5.41) is 3.45. The number of hydrogen-bond acceptors (Lipinski definition) is 4. The first-order valence-corrected chi connectivity index (χ1v) is 10.4. The van der Waals surface area contributed by atoms with Crippen LogP contribution in [-0.4, -0.2) is 46.9 Å². The molecule has 1 aliphatic carbocycles. The molecule has 0 unspecified atom stereocenters. The lowest BCUT2D eigenvalue weighted by molar-refractivity contribution is 0.0627. The molecule has 1 saturated carbocycles. The van der Waals surface area contributed by atoms with Gasteiger partial charge in [-0.05, 0) is 44.7 Å². The topological polar surface area (TPSA) is 36.4 Å². The van der Waals surface area contributed by atoms with E-state index in [1.54, 1.807) is 11.3 Å². The van der Waals surface area contributed by atoms with E-state index in [1.807, 2.05) is 18.7 Å². The first-order valence-electron chi connectivity index (χ1n) is 9.55. The first-order chi connectivity index (χ1) is 12.5. The number of amides is 1. The molecular formula is C21H27N3OS. The number of thiazole rings is 1. The van der Waals surface area contributed by atoms with Crippen molar-refractivity contribution in [2.75, 3.05) is 26.2 Å². The highest BCUT2D eigenvalue weighted by atomic mass is 32.1. The van der Waals surface area contributed by atoms with E-state index in [2.05, 4.69) is 29.3 Å². The van der Waals surface area contributed by atoms with Crippen molar-refractivity contribution in [3.63, 3.8) is 0 Å². The molecule has 1 saturated heterocycles. The van der Waals surface area contributed by atoms with E-state index in [9.17, 15) is 4.79 Å². The minimum atomic E-state index is 0.185. The first kappa shape index (κ1) is 17.7. The van der Waals surface area contributed by atoms with Crippen molar-refractivity contribution in [2.45, 2.75) is 46.1 Å². The Morgan fingerprint density at radius 1 is 1.12 bits per heavy atom. The lowest BCUT2D eigenvalue weighted by Gasteiger charge is -2.34. The SMILES string of the molecule is Cc1cc(C)c(C(=O)N2CCN(Cc3nc(C4CC4)cs3)CC2)c(C)c1. The van der Waals surface area contributed by atoms with E-state index in [4.69, 9.17) is 4.98 Å². The molecule has 2 fully saturated rings. The Morgan fingerprint density at radius 2 is 1.77 bits per heavy atom. The molecule has 1 aromatic carbocycles. The van der Waals surface area contributed by atoms with Crippen LogP contribution in [0.4, 0.5) is 0 Å². The Hall–Kier alpha value is -1.72. The Balaban J connectivity index is 1.36. The van der Waals surface area contributed by atoms with E-state index >= 15 is 0 Å². The van der Waals surface area contributed by atoms with E-state index < -0.39 is 0 Å². The summed E-state index contributed by atoms with van der Waals surface area (Å²) in [7, 11) is 0. The van der Waals surface area contributed by atoms with Crippen molar-refractivity contribution in [1.82, 2.24) is 14.8 Å². The molecule has 0 N–H and O–H groups in total. The average Bonchev–Trinajstić information content (AvgIpc) is 3.34. The Bertz CT molecular complexity index is 793. The predicted molar refractivity (Wildman–Crippen MR) is 106 cm³/mol. The third-order valence-electron chi connectivity index (χ3n) is 5.47. The van der Waals surface area contributed by atoms with Gasteiger partial charge in [-0.2, -0.15) is 0 Å². The fourth-order valence-corrected chi connectivity index (χ4v) is 4.86. The van der Waals surface area contributed by atoms with Crippen LogP contribution in [0.3, 0.4) is 0 Å². The van der Waals surface area contributed by atoms with Crippen LogP contribution >= 0.6 is 11.3 Å². The van der Waals surface area contributed by atoms with E-state index in [-0.39, 0.29) is 5.91 Å². The molecule has 5 heteroatoms. The summed E-state index contributed by atoms with van der Waals surface area (Å²) < 4.78 is 0. The number of nitrogens with zero attached hydrogens (tertiary/aromatic N) is 3. The quantitative estimate of drug-likeness (QED) is 0.820. The summed E-state index contributed by atoms with van der Waals surface area (Å²) in [5.74, 6) is 0.917. The van der Waals surface area contributed by atoms with Gasteiger partial charge in [-0.15, -0.1) is 11.3 Å². The lowest BCUT2D eigenvalue weighted by Crippen LogP contribution is -2.48. The molecule has 1 aromatic heterocycles. The van der Waals surface area contributed by atoms with Gasteiger partial charge in [-0.25, -0.2) is 4.98 Å². The summed E-state index contributed by atoms with van der Waals surface area (Å²) in [4.78, 5) is 22.2. The van der Waals surface area contributed by atoms with Gasteiger partial charge < -0.3 is 4.90 Å². The van der Waals surface area contributed by atoms with Gasteiger partial charge in [0.25, 0.3) is 5.91 Å². The molecule has 138 valence electrons. The number of aryl methyl sites for hydroxylation is 3. The van der Waals surface area contributed by atoms with Gasteiger partial charge in [-0.1, -0.05) is 17.7 Å². The van der Waals surface area contributed by atoms with E-state index in [0.717, 1.165) is 55.3 Å². The fourth-order valence-electron chi connectivity index (χ4n) is 3.94. The maximum Gasteiger partial charge on any atom is 0.254 e. The zero-order valence-electron chi connectivity index (χ0n) is 15.9. The molecule has 4 rings (SSSR count). The molecule has 0 atom stereocenters. The van der Waals surface area contributed by atoms with Crippen molar-refractivity contribution in [2.24, 2.45) is 0 Å². The zero-order valence-corrected chi connectivity index (χ0v) is 16.7. The molecule has 0 radical (unpaired) electrons. The molecule has 26 heavy (non-hydrogen) atoms. The zero-order chi connectivity index (χ0) is 18.3. The summed E-state index contributed by atoms with van der Waals surface area (Å²) >= 11 is 1.79. The smallest absolute Gasteiger partial charge is 0.254 e. The van der Waals surface area contributed by atoms with Gasteiger partial charge in [0.15, 0.2) is 0 Å². The van der Waals surface area contributed by atoms with Gasteiger partial charge in [0.2, 0.25) is 0 Å². The second kappa shape index (κ2) is 7.12. The standard InChI is InChI=1S/C21H27N3OS/c1-14-10-15(2)20(16(3)11-14)21(25)24-8-6-23(7-9-24)12-19-22-18(13-26-19)17-4-5-17/h10-11,13,17H,4-9,12H2,1-3H3. The molecule has 0 spiro atoms. The van der Waals surface area contributed by atoms with E-state index in [1.165, 1.54) is 29.1 Å². The average molecular weight is 370 g/mol. The lowest BCUT2D eigenvalue weighted by atomic mass is 9.98. The summed E-state index contributed by atoms with van der Waals surface area (Å²) in [6.07, 6.45) is 2.61. The summed E-state index contributed by atoms with van der Waals surface area (Å²) in [5.41, 5.74) is 5.58. The second-order valence-corrected chi connectivity index (χ2v) is 8.73. The molecule has 2 heterocycles. The maximum atomic E-state index is 13.0. The Morgan fingerprint density at radius 3 is 2.38 bits per heavy atom. The minimum Gasteiger partial charge on any atom is -0.336 e. The molecule has 1 amide bonds. The molecule has 2 aliphatic rings. The number of hydrogen-bond donors (Lipinski definition) is 0. The van der Waals surface area contributed by atoms with Crippen LogP contribution < -0.4 is 0 Å². The molecular weight excluding hydrogens is 342 g/mol. The van der Waals surface area contributed by atoms with E-state index in [0.29, 0.717) is 0 Å². The molecule has 2 aromatic rings. The van der Waals surface area contributed by atoms with Crippen molar-refractivity contribution >= 4 is 17.2 Å². The van der Waals surface area contributed by atoms with Crippen molar-refractivity contribution in [3.05, 3.63) is 50.5 Å².